The first-order valence-electron chi connectivity index (χ1n) is 6.37. The molecule has 1 aliphatic rings. The molecule has 0 radical (unpaired) electrons. The van der Waals surface area contributed by atoms with Gasteiger partial charge in [-0.2, -0.15) is 5.26 Å². The van der Waals surface area contributed by atoms with Crippen molar-refractivity contribution >= 4 is 12.4 Å². The van der Waals surface area contributed by atoms with Crippen LogP contribution in [0.2, 0.25) is 0 Å². The molecule has 0 saturated carbocycles. The number of benzene rings is 1. The average molecular weight is 241 g/mol. The summed E-state index contributed by atoms with van der Waals surface area (Å²) in [6.45, 7) is 8.98. The van der Waals surface area contributed by atoms with Crippen LogP contribution in [0.4, 0.5) is 0 Å². The Kier molecular flexibility index (Phi) is 3.22. The molecule has 18 heavy (non-hydrogen) atoms. The van der Waals surface area contributed by atoms with Crippen molar-refractivity contribution < 1.29 is 0 Å². The highest BCUT2D eigenvalue weighted by atomic mass is 15.2. The summed E-state index contributed by atoms with van der Waals surface area (Å²) in [6, 6.07) is 10.4. The van der Waals surface area contributed by atoms with Crippen LogP contribution in [0, 0.1) is 11.3 Å². The summed E-state index contributed by atoms with van der Waals surface area (Å²) in [7, 11) is 0. The quantitative estimate of drug-likeness (QED) is 0.765. The van der Waals surface area contributed by atoms with Crippen molar-refractivity contribution in [1.29, 1.82) is 5.26 Å². The van der Waals surface area contributed by atoms with Crippen molar-refractivity contribution in [3.63, 3.8) is 0 Å². The summed E-state index contributed by atoms with van der Waals surface area (Å²) in [5.41, 5.74) is 2.33. The van der Waals surface area contributed by atoms with E-state index in [4.69, 9.17) is 5.26 Å². The fourth-order valence-electron chi connectivity index (χ4n) is 2.26. The number of rotatable bonds is 2. The van der Waals surface area contributed by atoms with Gasteiger partial charge in [-0.1, -0.05) is 24.3 Å². The van der Waals surface area contributed by atoms with Gasteiger partial charge in [0.15, 0.2) is 0 Å². The Bertz CT molecular complexity index is 472. The van der Waals surface area contributed by atoms with Crippen LogP contribution in [0.1, 0.15) is 33.3 Å². The average Bonchev–Trinajstić information content (AvgIpc) is 2.49. The Morgan fingerprint density at radius 2 is 1.78 bits per heavy atom. The molecule has 0 aliphatic carbocycles. The lowest BCUT2D eigenvalue weighted by atomic mass is 9.68. The predicted octanol–water partition coefficient (Wildman–Crippen LogP) is 1.20. The Hall–Kier alpha value is -1.31. The van der Waals surface area contributed by atoms with E-state index in [0.29, 0.717) is 6.42 Å². The molecule has 1 aromatic rings. The number of nitrogens with one attached hydrogen (secondary N) is 2. The van der Waals surface area contributed by atoms with E-state index in [1.165, 1.54) is 5.46 Å². The SMILES string of the molecule is CC1(C)NB(c2cccc(CC#N)c2)NC1(C)C. The smallest absolute Gasteiger partial charge is 0.332 e. The van der Waals surface area contributed by atoms with Crippen LogP contribution in [-0.2, 0) is 6.42 Å². The van der Waals surface area contributed by atoms with Crippen molar-refractivity contribution in [3.8, 4) is 6.07 Å². The zero-order valence-electron chi connectivity index (χ0n) is 11.5. The van der Waals surface area contributed by atoms with Gasteiger partial charge in [0.2, 0.25) is 0 Å². The van der Waals surface area contributed by atoms with Gasteiger partial charge >= 0.3 is 6.98 Å². The van der Waals surface area contributed by atoms with Gasteiger partial charge < -0.3 is 10.5 Å². The molecular formula is C14H20BN3. The van der Waals surface area contributed by atoms with Gasteiger partial charge in [0.05, 0.1) is 12.5 Å². The zero-order valence-corrected chi connectivity index (χ0v) is 11.5. The monoisotopic (exact) mass is 241 g/mol. The molecule has 1 aliphatic heterocycles. The molecule has 1 saturated heterocycles. The summed E-state index contributed by atoms with van der Waals surface area (Å²) in [5.74, 6) is 0. The van der Waals surface area contributed by atoms with Crippen molar-refractivity contribution in [2.75, 3.05) is 0 Å². The Labute approximate surface area is 110 Å². The molecule has 4 heteroatoms. The van der Waals surface area contributed by atoms with Gasteiger partial charge in [-0.3, -0.25) is 0 Å². The van der Waals surface area contributed by atoms with Gasteiger partial charge in [-0.05, 0) is 38.7 Å². The van der Waals surface area contributed by atoms with Crippen LogP contribution in [0.5, 0.6) is 0 Å². The Morgan fingerprint density at radius 1 is 1.17 bits per heavy atom. The van der Waals surface area contributed by atoms with Crippen molar-refractivity contribution in [1.82, 2.24) is 10.5 Å². The van der Waals surface area contributed by atoms with Crippen LogP contribution in [0.15, 0.2) is 24.3 Å². The van der Waals surface area contributed by atoms with E-state index < -0.39 is 0 Å². The number of nitriles is 1. The minimum Gasteiger partial charge on any atom is -0.332 e. The lowest BCUT2D eigenvalue weighted by Gasteiger charge is -2.34. The van der Waals surface area contributed by atoms with Crippen LogP contribution >= 0.6 is 0 Å². The van der Waals surface area contributed by atoms with E-state index in [0.717, 1.165) is 5.56 Å². The molecule has 94 valence electrons. The highest BCUT2D eigenvalue weighted by molar-refractivity contribution is 6.69. The second-order valence-corrected chi connectivity index (χ2v) is 6.05. The van der Waals surface area contributed by atoms with Gasteiger partial charge in [0, 0.05) is 11.1 Å². The molecule has 0 unspecified atom stereocenters. The van der Waals surface area contributed by atoms with Gasteiger partial charge in [0.25, 0.3) is 0 Å². The van der Waals surface area contributed by atoms with E-state index in [1.807, 2.05) is 12.1 Å². The lowest BCUT2D eigenvalue weighted by molar-refractivity contribution is 0.295. The molecule has 0 aromatic heterocycles. The second kappa shape index (κ2) is 4.42. The maximum atomic E-state index is 8.76. The minimum absolute atomic E-state index is 0.0307. The molecule has 1 aromatic carbocycles. The highest BCUT2D eigenvalue weighted by Crippen LogP contribution is 2.25. The van der Waals surface area contributed by atoms with Crippen molar-refractivity contribution in [2.45, 2.75) is 45.2 Å². The summed E-state index contributed by atoms with van der Waals surface area (Å²) >= 11 is 0. The molecular weight excluding hydrogens is 221 g/mol. The molecule has 0 amide bonds. The van der Waals surface area contributed by atoms with Crippen molar-refractivity contribution in [2.24, 2.45) is 0 Å². The largest absolute Gasteiger partial charge is 0.341 e. The molecule has 3 nitrogen and oxygen atoms in total. The molecule has 0 atom stereocenters. The van der Waals surface area contributed by atoms with E-state index in [2.05, 4.69) is 56.4 Å². The van der Waals surface area contributed by atoms with Gasteiger partial charge in [-0.25, -0.2) is 0 Å². The summed E-state index contributed by atoms with van der Waals surface area (Å²) in [5, 5.41) is 16.0. The third kappa shape index (κ3) is 2.29. The molecule has 0 bridgehead atoms. The third-order valence-corrected chi connectivity index (χ3v) is 4.14. The molecule has 1 heterocycles. The fourth-order valence-corrected chi connectivity index (χ4v) is 2.26. The standard InChI is InChI=1S/C14H20BN3/c1-13(2)14(3,4)18-15(17-13)12-7-5-6-11(10-12)8-9-16/h5-7,10,17-18H,8H2,1-4H3. The van der Waals surface area contributed by atoms with Gasteiger partial charge in [-0.15, -0.1) is 0 Å². The molecule has 2 rings (SSSR count). The summed E-state index contributed by atoms with van der Waals surface area (Å²) in [4.78, 5) is 0. The van der Waals surface area contributed by atoms with E-state index in [9.17, 15) is 0 Å². The normalized spacial score (nSPS) is 20.7. The van der Waals surface area contributed by atoms with Crippen LogP contribution in [0.25, 0.3) is 0 Å². The molecule has 2 N–H and O–H groups in total. The minimum atomic E-state index is 0.0307. The Morgan fingerprint density at radius 3 is 2.33 bits per heavy atom. The molecule has 0 spiro atoms. The summed E-state index contributed by atoms with van der Waals surface area (Å²) in [6.07, 6.45) is 0.466. The maximum absolute atomic E-state index is 8.76. The van der Waals surface area contributed by atoms with Crippen LogP contribution in [-0.4, -0.2) is 18.1 Å². The van der Waals surface area contributed by atoms with Crippen LogP contribution in [0.3, 0.4) is 0 Å². The lowest BCUT2D eigenvalue weighted by Crippen LogP contribution is -2.51. The fraction of sp³-hybridized carbons (Fsp3) is 0.500. The highest BCUT2D eigenvalue weighted by Gasteiger charge is 2.47. The van der Waals surface area contributed by atoms with E-state index in [1.54, 1.807) is 0 Å². The second-order valence-electron chi connectivity index (χ2n) is 6.05. The first-order chi connectivity index (χ1) is 8.36. The van der Waals surface area contributed by atoms with Gasteiger partial charge in [0.1, 0.15) is 0 Å². The topological polar surface area (TPSA) is 47.9 Å². The first kappa shape index (κ1) is 13.1. The molecule has 1 fully saturated rings. The number of hydrogen-bond acceptors (Lipinski definition) is 3. The predicted molar refractivity (Wildman–Crippen MR) is 75.6 cm³/mol. The number of hydrogen-bond donors (Lipinski definition) is 2. The van der Waals surface area contributed by atoms with Crippen LogP contribution < -0.4 is 15.9 Å². The van der Waals surface area contributed by atoms with Crippen molar-refractivity contribution in [3.05, 3.63) is 29.8 Å². The number of nitrogens with zero attached hydrogens (tertiary/aromatic N) is 1. The first-order valence-corrected chi connectivity index (χ1v) is 6.37. The summed E-state index contributed by atoms with van der Waals surface area (Å²) < 4.78 is 0. The third-order valence-electron chi connectivity index (χ3n) is 4.14. The van der Waals surface area contributed by atoms with E-state index >= 15 is 0 Å². The zero-order chi connectivity index (χ0) is 13.4. The van der Waals surface area contributed by atoms with E-state index in [-0.39, 0.29) is 18.1 Å². The Balaban J connectivity index is 2.24. The maximum Gasteiger partial charge on any atom is 0.341 e.